The van der Waals surface area contributed by atoms with Gasteiger partial charge in [-0.25, -0.2) is 0 Å². The fourth-order valence-electron chi connectivity index (χ4n) is 2.18. The zero-order chi connectivity index (χ0) is 15.4. The van der Waals surface area contributed by atoms with E-state index < -0.39 is 0 Å². The average Bonchev–Trinajstić information content (AvgIpc) is 2.49. The van der Waals surface area contributed by atoms with Crippen LogP contribution in [0.3, 0.4) is 0 Å². The number of halogens is 1. The van der Waals surface area contributed by atoms with Crippen LogP contribution in [0.4, 0.5) is 0 Å². The zero-order valence-corrected chi connectivity index (χ0v) is 14.6. The van der Waals surface area contributed by atoms with Crippen LogP contribution in [0.15, 0.2) is 46.9 Å². The summed E-state index contributed by atoms with van der Waals surface area (Å²) >= 11 is 3.52. The Balaban J connectivity index is 2.22. The predicted octanol–water partition coefficient (Wildman–Crippen LogP) is 5.65. The third-order valence-corrected chi connectivity index (χ3v) is 4.13. The first kappa shape index (κ1) is 16.1. The molecular formula is C18H22BrNO. The minimum Gasteiger partial charge on any atom is -0.457 e. The summed E-state index contributed by atoms with van der Waals surface area (Å²) < 4.78 is 7.13. The molecule has 0 heterocycles. The number of benzene rings is 2. The molecule has 0 spiro atoms. The van der Waals surface area contributed by atoms with Gasteiger partial charge in [0.2, 0.25) is 0 Å². The molecule has 1 atom stereocenters. The molecule has 0 amide bonds. The van der Waals surface area contributed by atoms with E-state index in [4.69, 9.17) is 4.74 Å². The Kier molecular flexibility index (Phi) is 5.43. The highest BCUT2D eigenvalue weighted by atomic mass is 79.9. The second kappa shape index (κ2) is 7.10. The first-order valence-corrected chi connectivity index (χ1v) is 8.05. The van der Waals surface area contributed by atoms with Gasteiger partial charge in [0, 0.05) is 10.5 Å². The second-order valence-electron chi connectivity index (χ2n) is 5.52. The molecular weight excluding hydrogens is 326 g/mol. The highest BCUT2D eigenvalue weighted by molar-refractivity contribution is 9.10. The topological polar surface area (TPSA) is 21.3 Å². The molecule has 112 valence electrons. The maximum atomic E-state index is 6.05. The van der Waals surface area contributed by atoms with E-state index in [1.54, 1.807) is 0 Å². The molecule has 1 unspecified atom stereocenters. The number of ether oxygens (including phenoxy) is 1. The van der Waals surface area contributed by atoms with Crippen molar-refractivity contribution >= 4 is 15.9 Å². The molecule has 21 heavy (non-hydrogen) atoms. The lowest BCUT2D eigenvalue weighted by molar-refractivity contribution is 0.472. The van der Waals surface area contributed by atoms with Crippen LogP contribution >= 0.6 is 15.9 Å². The van der Waals surface area contributed by atoms with Crippen LogP contribution in [0.1, 0.15) is 43.9 Å². The molecule has 0 aliphatic rings. The van der Waals surface area contributed by atoms with Crippen molar-refractivity contribution in [1.82, 2.24) is 5.32 Å². The van der Waals surface area contributed by atoms with Crippen LogP contribution in [0, 0.1) is 0 Å². The standard InChI is InChI=1S/C18H22BrNO/c1-12(2)17-11-15(19)7-10-18(17)21-16-8-5-14(6-9-16)13(3)20-4/h5-13,20H,1-4H3. The van der Waals surface area contributed by atoms with Gasteiger partial charge in [0.1, 0.15) is 11.5 Å². The van der Waals surface area contributed by atoms with Gasteiger partial charge >= 0.3 is 0 Å². The van der Waals surface area contributed by atoms with Gasteiger partial charge in [0.25, 0.3) is 0 Å². The van der Waals surface area contributed by atoms with E-state index in [1.165, 1.54) is 11.1 Å². The normalized spacial score (nSPS) is 12.5. The third kappa shape index (κ3) is 4.08. The van der Waals surface area contributed by atoms with Crippen molar-refractivity contribution in [3.05, 3.63) is 58.1 Å². The fourth-order valence-corrected chi connectivity index (χ4v) is 2.56. The number of hydrogen-bond acceptors (Lipinski definition) is 2. The van der Waals surface area contributed by atoms with Crippen LogP contribution in [-0.2, 0) is 0 Å². The molecule has 3 heteroatoms. The van der Waals surface area contributed by atoms with Crippen molar-refractivity contribution in [2.24, 2.45) is 0 Å². The van der Waals surface area contributed by atoms with E-state index in [0.29, 0.717) is 12.0 Å². The summed E-state index contributed by atoms with van der Waals surface area (Å²) in [4.78, 5) is 0. The molecule has 2 aromatic rings. The molecule has 2 aromatic carbocycles. The highest BCUT2D eigenvalue weighted by Gasteiger charge is 2.10. The van der Waals surface area contributed by atoms with Crippen LogP contribution in [0.2, 0.25) is 0 Å². The first-order chi connectivity index (χ1) is 10.0. The van der Waals surface area contributed by atoms with E-state index in [1.807, 2.05) is 31.3 Å². The Hall–Kier alpha value is -1.32. The summed E-state index contributed by atoms with van der Waals surface area (Å²) in [6, 6.07) is 14.7. The van der Waals surface area contributed by atoms with E-state index >= 15 is 0 Å². The van der Waals surface area contributed by atoms with Gasteiger partial charge in [-0.2, -0.15) is 0 Å². The van der Waals surface area contributed by atoms with Crippen LogP contribution in [-0.4, -0.2) is 7.05 Å². The van der Waals surface area contributed by atoms with Crippen LogP contribution in [0.5, 0.6) is 11.5 Å². The second-order valence-corrected chi connectivity index (χ2v) is 6.43. The lowest BCUT2D eigenvalue weighted by atomic mass is 10.0. The van der Waals surface area contributed by atoms with Crippen LogP contribution in [0.25, 0.3) is 0 Å². The third-order valence-electron chi connectivity index (χ3n) is 3.63. The van der Waals surface area contributed by atoms with Crippen molar-refractivity contribution in [2.45, 2.75) is 32.7 Å². The Labute approximate surface area is 135 Å². The summed E-state index contributed by atoms with van der Waals surface area (Å²) in [5.74, 6) is 2.20. The Morgan fingerprint density at radius 3 is 2.24 bits per heavy atom. The van der Waals surface area contributed by atoms with Crippen molar-refractivity contribution in [3.63, 3.8) is 0 Å². The summed E-state index contributed by atoms with van der Waals surface area (Å²) in [7, 11) is 1.96. The van der Waals surface area contributed by atoms with Crippen molar-refractivity contribution < 1.29 is 4.74 Å². The fraction of sp³-hybridized carbons (Fsp3) is 0.333. The maximum Gasteiger partial charge on any atom is 0.130 e. The van der Waals surface area contributed by atoms with Crippen molar-refractivity contribution in [1.29, 1.82) is 0 Å². The monoisotopic (exact) mass is 347 g/mol. The molecule has 0 fully saturated rings. The number of nitrogens with one attached hydrogen (secondary N) is 1. The van der Waals surface area contributed by atoms with E-state index in [9.17, 15) is 0 Å². The molecule has 0 bridgehead atoms. The molecule has 0 aromatic heterocycles. The minimum absolute atomic E-state index is 0.345. The Bertz CT molecular complexity index is 593. The number of hydrogen-bond donors (Lipinski definition) is 1. The van der Waals surface area contributed by atoms with Crippen LogP contribution < -0.4 is 10.1 Å². The summed E-state index contributed by atoms with van der Waals surface area (Å²) in [6.07, 6.45) is 0. The van der Waals surface area contributed by atoms with E-state index in [2.05, 4.69) is 60.2 Å². The van der Waals surface area contributed by atoms with Gasteiger partial charge in [-0.1, -0.05) is 41.9 Å². The Morgan fingerprint density at radius 1 is 1.00 bits per heavy atom. The van der Waals surface area contributed by atoms with Gasteiger partial charge < -0.3 is 10.1 Å². The summed E-state index contributed by atoms with van der Waals surface area (Å²) in [6.45, 7) is 6.49. The molecule has 0 saturated heterocycles. The molecule has 2 rings (SSSR count). The minimum atomic E-state index is 0.345. The smallest absolute Gasteiger partial charge is 0.130 e. The zero-order valence-electron chi connectivity index (χ0n) is 13.0. The molecule has 1 N–H and O–H groups in total. The van der Waals surface area contributed by atoms with E-state index in [0.717, 1.165) is 16.0 Å². The van der Waals surface area contributed by atoms with Gasteiger partial charge in [0.05, 0.1) is 0 Å². The lowest BCUT2D eigenvalue weighted by Crippen LogP contribution is -2.11. The highest BCUT2D eigenvalue weighted by Crippen LogP contribution is 2.33. The molecule has 0 saturated carbocycles. The molecule has 0 radical (unpaired) electrons. The first-order valence-electron chi connectivity index (χ1n) is 7.25. The molecule has 0 aliphatic heterocycles. The van der Waals surface area contributed by atoms with Crippen molar-refractivity contribution in [3.8, 4) is 11.5 Å². The Morgan fingerprint density at radius 2 is 1.67 bits per heavy atom. The summed E-state index contributed by atoms with van der Waals surface area (Å²) in [5, 5.41) is 3.23. The van der Waals surface area contributed by atoms with Gasteiger partial charge in [0.15, 0.2) is 0 Å². The SMILES string of the molecule is CNC(C)c1ccc(Oc2ccc(Br)cc2C(C)C)cc1. The average molecular weight is 348 g/mol. The largest absolute Gasteiger partial charge is 0.457 e. The van der Waals surface area contributed by atoms with Gasteiger partial charge in [-0.05, 0) is 61.3 Å². The lowest BCUT2D eigenvalue weighted by Gasteiger charge is -2.15. The number of rotatable bonds is 5. The van der Waals surface area contributed by atoms with Gasteiger partial charge in [-0.15, -0.1) is 0 Å². The van der Waals surface area contributed by atoms with E-state index in [-0.39, 0.29) is 0 Å². The quantitative estimate of drug-likeness (QED) is 0.754. The summed E-state index contributed by atoms with van der Waals surface area (Å²) in [5.41, 5.74) is 2.46. The van der Waals surface area contributed by atoms with Crippen molar-refractivity contribution in [2.75, 3.05) is 7.05 Å². The molecule has 2 nitrogen and oxygen atoms in total. The molecule has 0 aliphatic carbocycles. The van der Waals surface area contributed by atoms with Gasteiger partial charge in [-0.3, -0.25) is 0 Å². The predicted molar refractivity (Wildman–Crippen MR) is 92.2 cm³/mol. The maximum absolute atomic E-state index is 6.05.